The van der Waals surface area contributed by atoms with E-state index in [1.165, 1.54) is 0 Å². The van der Waals surface area contributed by atoms with Crippen LogP contribution in [0, 0.1) is 0 Å². The molecule has 0 spiro atoms. The summed E-state index contributed by atoms with van der Waals surface area (Å²) in [6, 6.07) is -0.138. The van der Waals surface area contributed by atoms with E-state index in [1.807, 2.05) is 6.92 Å². The van der Waals surface area contributed by atoms with Gasteiger partial charge in [0.05, 0.1) is 6.04 Å². The Balaban J connectivity index is 4.31. The fourth-order valence-corrected chi connectivity index (χ4v) is 0.770. The number of nitrogens with zero attached hydrogens (tertiary/aromatic N) is 2. The Hall–Kier alpha value is -1.59. The van der Waals surface area contributed by atoms with E-state index in [4.69, 9.17) is 17.2 Å². The van der Waals surface area contributed by atoms with Gasteiger partial charge in [0.1, 0.15) is 6.29 Å². The number of aliphatic imine (C=N–C) groups is 2. The molecule has 0 aliphatic heterocycles. The van der Waals surface area contributed by atoms with Crippen LogP contribution < -0.4 is 17.2 Å². The highest BCUT2D eigenvalue weighted by atomic mass is 16.1. The highest BCUT2D eigenvalue weighted by molar-refractivity contribution is 5.92. The predicted molar refractivity (Wildman–Crippen MR) is 52.2 cm³/mol. The van der Waals surface area contributed by atoms with Gasteiger partial charge in [-0.3, -0.25) is 0 Å². The molecular weight excluding hydrogens is 170 g/mol. The molecule has 0 heterocycles. The van der Waals surface area contributed by atoms with Crippen molar-refractivity contribution in [1.29, 1.82) is 0 Å². The second-order valence-electron chi connectivity index (χ2n) is 2.49. The Morgan fingerprint density at radius 1 is 1.46 bits per heavy atom. The lowest BCUT2D eigenvalue weighted by atomic mass is 10.2. The average Bonchev–Trinajstić information content (AvgIpc) is 2.02. The van der Waals surface area contributed by atoms with Crippen LogP contribution in [-0.4, -0.2) is 24.2 Å². The van der Waals surface area contributed by atoms with Gasteiger partial charge in [0.15, 0.2) is 5.96 Å². The first-order valence-electron chi connectivity index (χ1n) is 3.96. The molecule has 0 rings (SSSR count). The van der Waals surface area contributed by atoms with Gasteiger partial charge in [-0.1, -0.05) is 6.92 Å². The van der Waals surface area contributed by atoms with Crippen LogP contribution in [-0.2, 0) is 4.79 Å². The maximum absolute atomic E-state index is 10.2. The molecule has 0 fully saturated rings. The smallest absolute Gasteiger partial charge is 0.218 e. The molecule has 0 aliphatic carbocycles. The van der Waals surface area contributed by atoms with Crippen molar-refractivity contribution in [3.8, 4) is 0 Å². The van der Waals surface area contributed by atoms with Crippen LogP contribution in [0.15, 0.2) is 9.98 Å². The Kier molecular flexibility index (Phi) is 5.25. The zero-order valence-electron chi connectivity index (χ0n) is 7.60. The third kappa shape index (κ3) is 5.66. The first-order valence-corrected chi connectivity index (χ1v) is 3.96. The van der Waals surface area contributed by atoms with Gasteiger partial charge in [0.25, 0.3) is 0 Å². The standard InChI is InChI=1S/C7H15N5O/c1-2-5(3-4-13)11-7(10)12-6(8)9/h4-5H,2-3H2,1H3,(H6,8,9,10,11,12). The number of hydrogen-bond donors (Lipinski definition) is 3. The molecule has 6 nitrogen and oxygen atoms in total. The summed E-state index contributed by atoms with van der Waals surface area (Å²) < 4.78 is 0. The fourth-order valence-electron chi connectivity index (χ4n) is 0.770. The minimum absolute atomic E-state index is 0.00806. The Bertz CT molecular complexity index is 219. The molecular formula is C7H15N5O. The van der Waals surface area contributed by atoms with Crippen molar-refractivity contribution in [2.45, 2.75) is 25.8 Å². The van der Waals surface area contributed by atoms with E-state index in [0.717, 1.165) is 12.7 Å². The maximum atomic E-state index is 10.2. The molecule has 0 radical (unpaired) electrons. The Morgan fingerprint density at radius 3 is 2.46 bits per heavy atom. The van der Waals surface area contributed by atoms with Gasteiger partial charge in [-0.15, -0.1) is 0 Å². The monoisotopic (exact) mass is 185 g/mol. The summed E-state index contributed by atoms with van der Waals surface area (Å²) >= 11 is 0. The first kappa shape index (κ1) is 11.4. The van der Waals surface area contributed by atoms with E-state index < -0.39 is 0 Å². The van der Waals surface area contributed by atoms with E-state index in [9.17, 15) is 4.79 Å². The van der Waals surface area contributed by atoms with Crippen LogP contribution >= 0.6 is 0 Å². The summed E-state index contributed by atoms with van der Waals surface area (Å²) in [6.07, 6.45) is 1.84. The van der Waals surface area contributed by atoms with Crippen LogP contribution in [0.1, 0.15) is 19.8 Å². The van der Waals surface area contributed by atoms with Crippen molar-refractivity contribution in [2.75, 3.05) is 0 Å². The van der Waals surface area contributed by atoms with Crippen molar-refractivity contribution < 1.29 is 4.79 Å². The summed E-state index contributed by atoms with van der Waals surface area (Å²) in [4.78, 5) is 17.7. The molecule has 0 aliphatic rings. The lowest BCUT2D eigenvalue weighted by molar-refractivity contribution is -0.108. The van der Waals surface area contributed by atoms with Crippen LogP contribution in [0.3, 0.4) is 0 Å². The average molecular weight is 185 g/mol. The van der Waals surface area contributed by atoms with Crippen LogP contribution in [0.4, 0.5) is 0 Å². The van der Waals surface area contributed by atoms with Crippen LogP contribution in [0.25, 0.3) is 0 Å². The molecule has 0 aromatic rings. The quantitative estimate of drug-likeness (QED) is 0.294. The van der Waals surface area contributed by atoms with Crippen molar-refractivity contribution in [3.05, 3.63) is 0 Å². The SMILES string of the molecule is CCC(CC=O)N=C(N)N=C(N)N. The van der Waals surface area contributed by atoms with Gasteiger partial charge in [-0.05, 0) is 6.42 Å². The second-order valence-corrected chi connectivity index (χ2v) is 2.49. The zero-order chi connectivity index (χ0) is 10.3. The number of guanidine groups is 2. The van der Waals surface area contributed by atoms with Crippen molar-refractivity contribution in [3.63, 3.8) is 0 Å². The van der Waals surface area contributed by atoms with Crippen LogP contribution in [0.2, 0.25) is 0 Å². The third-order valence-corrected chi connectivity index (χ3v) is 1.40. The highest BCUT2D eigenvalue weighted by Gasteiger charge is 2.03. The van der Waals surface area contributed by atoms with Gasteiger partial charge >= 0.3 is 0 Å². The third-order valence-electron chi connectivity index (χ3n) is 1.40. The highest BCUT2D eigenvalue weighted by Crippen LogP contribution is 2.00. The molecule has 0 bridgehead atoms. The van der Waals surface area contributed by atoms with Crippen molar-refractivity contribution in [1.82, 2.24) is 0 Å². The molecule has 1 unspecified atom stereocenters. The van der Waals surface area contributed by atoms with Crippen molar-refractivity contribution in [2.24, 2.45) is 27.2 Å². The lowest BCUT2D eigenvalue weighted by Gasteiger charge is -2.04. The number of aldehydes is 1. The number of carbonyl (C=O) groups is 1. The lowest BCUT2D eigenvalue weighted by Crippen LogP contribution is -2.27. The van der Waals surface area contributed by atoms with Crippen LogP contribution in [0.5, 0.6) is 0 Å². The van der Waals surface area contributed by atoms with Gasteiger partial charge in [-0.25, -0.2) is 4.99 Å². The maximum Gasteiger partial charge on any atom is 0.218 e. The molecule has 0 saturated carbocycles. The minimum atomic E-state index is -0.138. The zero-order valence-corrected chi connectivity index (χ0v) is 7.60. The summed E-state index contributed by atoms with van der Waals surface area (Å²) in [5, 5.41) is 0. The van der Waals surface area contributed by atoms with Gasteiger partial charge in [0, 0.05) is 6.42 Å². The van der Waals surface area contributed by atoms with E-state index >= 15 is 0 Å². The van der Waals surface area contributed by atoms with Gasteiger partial charge in [-0.2, -0.15) is 4.99 Å². The van der Waals surface area contributed by atoms with E-state index in [1.54, 1.807) is 0 Å². The molecule has 0 saturated heterocycles. The topological polar surface area (TPSA) is 120 Å². The van der Waals surface area contributed by atoms with E-state index in [0.29, 0.717) is 6.42 Å². The van der Waals surface area contributed by atoms with Gasteiger partial charge in [0.2, 0.25) is 5.96 Å². The van der Waals surface area contributed by atoms with Crippen molar-refractivity contribution >= 4 is 18.2 Å². The van der Waals surface area contributed by atoms with E-state index in [-0.39, 0.29) is 18.0 Å². The molecule has 0 aromatic carbocycles. The molecule has 6 heteroatoms. The Morgan fingerprint density at radius 2 is 2.08 bits per heavy atom. The molecule has 74 valence electrons. The number of nitrogens with two attached hydrogens (primary N) is 3. The number of rotatable bonds is 4. The summed E-state index contributed by atoms with van der Waals surface area (Å²) in [6.45, 7) is 1.90. The molecule has 0 amide bonds. The summed E-state index contributed by atoms with van der Waals surface area (Å²) in [7, 11) is 0. The molecule has 13 heavy (non-hydrogen) atoms. The first-order chi connectivity index (χ1) is 6.10. The summed E-state index contributed by atoms with van der Waals surface area (Å²) in [5.74, 6) is -0.129. The Labute approximate surface area is 76.9 Å². The normalized spacial score (nSPS) is 13.5. The fraction of sp³-hybridized carbons (Fsp3) is 0.571. The molecule has 0 aromatic heterocycles. The largest absolute Gasteiger partial charge is 0.370 e. The van der Waals surface area contributed by atoms with Gasteiger partial charge < -0.3 is 22.0 Å². The second kappa shape index (κ2) is 5.99. The number of carbonyl (C=O) groups excluding carboxylic acids is 1. The summed E-state index contributed by atoms with van der Waals surface area (Å²) in [5.41, 5.74) is 15.5. The minimum Gasteiger partial charge on any atom is -0.370 e. The van der Waals surface area contributed by atoms with E-state index in [2.05, 4.69) is 9.98 Å². The number of hydrogen-bond acceptors (Lipinski definition) is 2. The predicted octanol–water partition coefficient (Wildman–Crippen LogP) is -1.06. The molecule has 6 N–H and O–H groups in total. The molecule has 1 atom stereocenters.